The Balaban J connectivity index is 1.53. The smallest absolute Gasteiger partial charge is 0.410 e. The maximum absolute atomic E-state index is 12.8. The summed E-state index contributed by atoms with van der Waals surface area (Å²) in [7, 11) is 1.37. The van der Waals surface area contributed by atoms with Crippen LogP contribution in [0.1, 0.15) is 54.6 Å². The van der Waals surface area contributed by atoms with E-state index in [1.165, 1.54) is 17.9 Å². The Bertz CT molecular complexity index is 1180. The van der Waals surface area contributed by atoms with Gasteiger partial charge in [-0.25, -0.2) is 9.59 Å². The van der Waals surface area contributed by atoms with Crippen molar-refractivity contribution in [1.82, 2.24) is 4.90 Å². The highest BCUT2D eigenvalue weighted by molar-refractivity contribution is 5.89. The van der Waals surface area contributed by atoms with Gasteiger partial charge in [-0.05, 0) is 67.3 Å². The molecule has 35 heavy (non-hydrogen) atoms. The first-order valence-corrected chi connectivity index (χ1v) is 12.0. The standard InChI is InChI=1S/C29H33NO5/c1-29(2,3)35-28(32)30-16-15-25(22-11-13-23(14-12-22)27(31)33-4)26(18-30)34-19-20-9-10-21-7-5-6-8-24(21)17-20/h5-14,17,25-26H,15-16,18-19H2,1-4H3. The number of esters is 1. The average molecular weight is 476 g/mol. The first-order valence-electron chi connectivity index (χ1n) is 12.0. The number of nitrogens with zero attached hydrogens (tertiary/aromatic N) is 1. The number of methoxy groups -OCH3 is 1. The van der Waals surface area contributed by atoms with E-state index in [1.807, 2.05) is 45.0 Å². The molecule has 184 valence electrons. The molecular formula is C29H33NO5. The van der Waals surface area contributed by atoms with Crippen molar-refractivity contribution in [2.45, 2.75) is 51.4 Å². The molecule has 4 rings (SSSR count). The maximum atomic E-state index is 12.8. The molecule has 2 atom stereocenters. The number of amides is 1. The highest BCUT2D eigenvalue weighted by Crippen LogP contribution is 2.32. The lowest BCUT2D eigenvalue weighted by Gasteiger charge is -2.39. The molecule has 1 saturated heterocycles. The van der Waals surface area contributed by atoms with E-state index in [4.69, 9.17) is 14.2 Å². The Morgan fingerprint density at radius 2 is 1.69 bits per heavy atom. The fourth-order valence-corrected chi connectivity index (χ4v) is 4.48. The fraction of sp³-hybridized carbons (Fsp3) is 0.379. The molecule has 3 aromatic carbocycles. The second-order valence-corrected chi connectivity index (χ2v) is 9.97. The van der Waals surface area contributed by atoms with Gasteiger partial charge in [-0.2, -0.15) is 0 Å². The minimum Gasteiger partial charge on any atom is -0.465 e. The van der Waals surface area contributed by atoms with Crippen molar-refractivity contribution in [3.8, 4) is 0 Å². The number of carbonyl (C=O) groups is 2. The van der Waals surface area contributed by atoms with Gasteiger partial charge in [0.25, 0.3) is 0 Å². The molecule has 0 radical (unpaired) electrons. The van der Waals surface area contributed by atoms with Crippen LogP contribution in [0.2, 0.25) is 0 Å². The van der Waals surface area contributed by atoms with Gasteiger partial charge in [0.2, 0.25) is 0 Å². The van der Waals surface area contributed by atoms with Crippen molar-refractivity contribution in [3.63, 3.8) is 0 Å². The predicted molar refractivity (Wildman–Crippen MR) is 135 cm³/mol. The lowest BCUT2D eigenvalue weighted by molar-refractivity contribution is -0.0359. The van der Waals surface area contributed by atoms with Crippen molar-refractivity contribution in [1.29, 1.82) is 0 Å². The quantitative estimate of drug-likeness (QED) is 0.428. The summed E-state index contributed by atoms with van der Waals surface area (Å²) in [5.74, 6) is -0.277. The van der Waals surface area contributed by atoms with Gasteiger partial charge in [0, 0.05) is 12.5 Å². The third kappa shape index (κ3) is 6.20. The van der Waals surface area contributed by atoms with Crippen LogP contribution in [0, 0.1) is 0 Å². The SMILES string of the molecule is COC(=O)c1ccc(C2CCN(C(=O)OC(C)(C)C)CC2OCc2ccc3ccccc3c2)cc1. The Morgan fingerprint density at radius 3 is 2.37 bits per heavy atom. The second-order valence-electron chi connectivity index (χ2n) is 9.97. The number of fused-ring (bicyclic) bond motifs is 1. The number of piperidine rings is 1. The number of benzene rings is 3. The van der Waals surface area contributed by atoms with E-state index >= 15 is 0 Å². The molecule has 1 amide bonds. The van der Waals surface area contributed by atoms with Gasteiger partial charge >= 0.3 is 12.1 Å². The van der Waals surface area contributed by atoms with Crippen molar-refractivity contribution in [2.24, 2.45) is 0 Å². The lowest BCUT2D eigenvalue weighted by Crippen LogP contribution is -2.48. The molecule has 2 unspecified atom stereocenters. The van der Waals surface area contributed by atoms with Crippen LogP contribution in [0.5, 0.6) is 0 Å². The average Bonchev–Trinajstić information content (AvgIpc) is 2.85. The molecule has 0 saturated carbocycles. The van der Waals surface area contributed by atoms with E-state index < -0.39 is 5.60 Å². The minimum atomic E-state index is -0.556. The molecule has 1 heterocycles. The third-order valence-corrected chi connectivity index (χ3v) is 6.25. The summed E-state index contributed by atoms with van der Waals surface area (Å²) in [5.41, 5.74) is 2.11. The first-order chi connectivity index (χ1) is 16.7. The van der Waals surface area contributed by atoms with Gasteiger partial charge in [-0.1, -0.05) is 48.5 Å². The molecule has 0 bridgehead atoms. The molecule has 0 aliphatic carbocycles. The molecular weight excluding hydrogens is 442 g/mol. The zero-order valence-corrected chi connectivity index (χ0v) is 20.8. The largest absolute Gasteiger partial charge is 0.465 e. The van der Waals surface area contributed by atoms with Gasteiger partial charge in [-0.3, -0.25) is 0 Å². The molecule has 1 aliphatic heterocycles. The minimum absolute atomic E-state index is 0.0841. The number of carbonyl (C=O) groups excluding carboxylic acids is 2. The molecule has 0 N–H and O–H groups in total. The molecule has 6 heteroatoms. The summed E-state index contributed by atoms with van der Waals surface area (Å²) in [4.78, 5) is 26.3. The van der Waals surface area contributed by atoms with Crippen LogP contribution in [0.4, 0.5) is 4.79 Å². The van der Waals surface area contributed by atoms with E-state index in [1.54, 1.807) is 17.0 Å². The summed E-state index contributed by atoms with van der Waals surface area (Å²) < 4.78 is 16.9. The molecule has 1 fully saturated rings. The Hall–Kier alpha value is -3.38. The molecule has 3 aromatic rings. The van der Waals surface area contributed by atoms with Gasteiger partial charge in [0.15, 0.2) is 0 Å². The first kappa shape index (κ1) is 24.7. The van der Waals surface area contributed by atoms with Crippen LogP contribution in [0.15, 0.2) is 66.7 Å². The zero-order chi connectivity index (χ0) is 25.0. The van der Waals surface area contributed by atoms with Crippen LogP contribution >= 0.6 is 0 Å². The van der Waals surface area contributed by atoms with Crippen molar-refractivity contribution < 1.29 is 23.8 Å². The second kappa shape index (κ2) is 10.5. The van der Waals surface area contributed by atoms with Crippen LogP contribution < -0.4 is 0 Å². The highest BCUT2D eigenvalue weighted by Gasteiger charge is 2.35. The molecule has 1 aliphatic rings. The van der Waals surface area contributed by atoms with Crippen molar-refractivity contribution in [2.75, 3.05) is 20.2 Å². The van der Waals surface area contributed by atoms with E-state index in [2.05, 4.69) is 30.3 Å². The van der Waals surface area contributed by atoms with E-state index in [-0.39, 0.29) is 24.1 Å². The predicted octanol–water partition coefficient (Wildman–Crippen LogP) is 5.94. The monoisotopic (exact) mass is 475 g/mol. The van der Waals surface area contributed by atoms with Crippen LogP contribution in [0.3, 0.4) is 0 Å². The number of ether oxygens (including phenoxy) is 3. The van der Waals surface area contributed by atoms with E-state index in [0.717, 1.165) is 17.5 Å². The van der Waals surface area contributed by atoms with Crippen molar-refractivity contribution in [3.05, 3.63) is 83.4 Å². The lowest BCUT2D eigenvalue weighted by atomic mass is 9.86. The van der Waals surface area contributed by atoms with Crippen LogP contribution in [0.25, 0.3) is 10.8 Å². The van der Waals surface area contributed by atoms with Gasteiger partial charge < -0.3 is 19.1 Å². The molecule has 6 nitrogen and oxygen atoms in total. The maximum Gasteiger partial charge on any atom is 0.410 e. The topological polar surface area (TPSA) is 65.1 Å². The highest BCUT2D eigenvalue weighted by atomic mass is 16.6. The van der Waals surface area contributed by atoms with E-state index in [9.17, 15) is 9.59 Å². The third-order valence-electron chi connectivity index (χ3n) is 6.25. The number of hydrogen-bond acceptors (Lipinski definition) is 5. The van der Waals surface area contributed by atoms with Gasteiger partial charge in [0.1, 0.15) is 5.60 Å². The molecule has 0 aromatic heterocycles. The van der Waals surface area contributed by atoms with Gasteiger partial charge in [0.05, 0.1) is 31.9 Å². The zero-order valence-electron chi connectivity index (χ0n) is 20.8. The number of rotatable bonds is 5. The Kier molecular flexibility index (Phi) is 7.41. The summed E-state index contributed by atoms with van der Waals surface area (Å²) in [5, 5.41) is 2.36. The fourth-order valence-electron chi connectivity index (χ4n) is 4.48. The number of hydrogen-bond donors (Lipinski definition) is 0. The Labute approximate surface area is 206 Å². The van der Waals surface area contributed by atoms with Crippen molar-refractivity contribution >= 4 is 22.8 Å². The van der Waals surface area contributed by atoms with Crippen LogP contribution in [-0.4, -0.2) is 48.9 Å². The van der Waals surface area contributed by atoms with E-state index in [0.29, 0.717) is 25.3 Å². The number of likely N-dealkylation sites (tertiary alicyclic amines) is 1. The summed E-state index contributed by atoms with van der Waals surface area (Å²) in [6.07, 6.45) is 0.196. The normalized spacial score (nSPS) is 18.3. The summed E-state index contributed by atoms with van der Waals surface area (Å²) in [6.45, 7) is 7.06. The van der Waals surface area contributed by atoms with Gasteiger partial charge in [-0.15, -0.1) is 0 Å². The Morgan fingerprint density at radius 1 is 0.971 bits per heavy atom. The summed E-state index contributed by atoms with van der Waals surface area (Å²) >= 11 is 0. The van der Waals surface area contributed by atoms with Crippen LogP contribution in [-0.2, 0) is 20.8 Å². The molecule has 0 spiro atoms. The summed E-state index contributed by atoms with van der Waals surface area (Å²) in [6, 6.07) is 22.0.